The average molecular weight is 306 g/mol. The van der Waals surface area contributed by atoms with Crippen LogP contribution in [0.1, 0.15) is 11.1 Å². The van der Waals surface area contributed by atoms with Gasteiger partial charge in [-0.15, -0.1) is 0 Å². The van der Waals surface area contributed by atoms with Crippen molar-refractivity contribution in [1.82, 2.24) is 0 Å². The first-order valence-corrected chi connectivity index (χ1v) is 7.54. The Bertz CT molecular complexity index is 677. The molecule has 0 aliphatic carbocycles. The molecule has 1 atom stereocenters. The molecule has 0 amide bonds. The summed E-state index contributed by atoms with van der Waals surface area (Å²) in [5.74, 6) is 0.869. The summed E-state index contributed by atoms with van der Waals surface area (Å²) in [6.07, 6.45) is 0. The van der Waals surface area contributed by atoms with E-state index < -0.39 is 10.8 Å². The molecule has 0 spiro atoms. The molecular weight excluding hydrogens is 294 g/mol. The van der Waals surface area contributed by atoms with Gasteiger partial charge in [0.15, 0.2) is 0 Å². The van der Waals surface area contributed by atoms with Crippen LogP contribution >= 0.6 is 11.6 Å². The van der Waals surface area contributed by atoms with Crippen molar-refractivity contribution >= 4 is 22.4 Å². The van der Waals surface area contributed by atoms with Crippen LogP contribution in [0.4, 0.5) is 0 Å². The van der Waals surface area contributed by atoms with Crippen molar-refractivity contribution in [2.75, 3.05) is 7.11 Å². The van der Waals surface area contributed by atoms with Crippen LogP contribution in [0.5, 0.6) is 5.75 Å². The zero-order valence-electron chi connectivity index (χ0n) is 10.8. The molecule has 0 fully saturated rings. The summed E-state index contributed by atoms with van der Waals surface area (Å²) in [6, 6.07) is 14.2. The molecule has 1 unspecified atom stereocenters. The van der Waals surface area contributed by atoms with Gasteiger partial charge in [0.2, 0.25) is 0 Å². The second kappa shape index (κ2) is 6.56. The monoisotopic (exact) mass is 305 g/mol. The summed E-state index contributed by atoms with van der Waals surface area (Å²) in [4.78, 5) is 0.712. The lowest BCUT2D eigenvalue weighted by Crippen LogP contribution is -1.98. The quantitative estimate of drug-likeness (QED) is 0.868. The van der Waals surface area contributed by atoms with Crippen LogP contribution in [0.25, 0.3) is 0 Å². The molecule has 2 aromatic rings. The van der Waals surface area contributed by atoms with Crippen molar-refractivity contribution in [2.45, 2.75) is 10.6 Å². The zero-order valence-corrected chi connectivity index (χ0v) is 12.4. The lowest BCUT2D eigenvalue weighted by Gasteiger charge is -2.06. The number of ether oxygens (including phenoxy) is 1. The van der Waals surface area contributed by atoms with Gasteiger partial charge in [0.1, 0.15) is 11.8 Å². The van der Waals surface area contributed by atoms with Crippen LogP contribution in [0.3, 0.4) is 0 Å². The van der Waals surface area contributed by atoms with Gasteiger partial charge in [-0.3, -0.25) is 4.21 Å². The van der Waals surface area contributed by atoms with Gasteiger partial charge in [-0.2, -0.15) is 5.26 Å². The first kappa shape index (κ1) is 14.6. The minimum absolute atomic E-state index is 0.348. The Hall–Kier alpha value is -1.83. The number of hydrogen-bond acceptors (Lipinski definition) is 3. The van der Waals surface area contributed by atoms with Crippen LogP contribution in [0.15, 0.2) is 47.4 Å². The van der Waals surface area contributed by atoms with Gasteiger partial charge in [-0.25, -0.2) is 0 Å². The Kier molecular flexibility index (Phi) is 4.78. The van der Waals surface area contributed by atoms with Crippen LogP contribution in [0.2, 0.25) is 5.02 Å². The molecule has 0 aliphatic heterocycles. The molecular formula is C15H12ClNO2S. The molecule has 2 aromatic carbocycles. The predicted molar refractivity (Wildman–Crippen MR) is 79.3 cm³/mol. The summed E-state index contributed by atoms with van der Waals surface area (Å²) in [5, 5.41) is 9.65. The first-order chi connectivity index (χ1) is 9.63. The van der Waals surface area contributed by atoms with E-state index in [-0.39, 0.29) is 0 Å². The smallest absolute Gasteiger partial charge is 0.136 e. The van der Waals surface area contributed by atoms with E-state index in [0.717, 1.165) is 5.56 Å². The summed E-state index contributed by atoms with van der Waals surface area (Å²) >= 11 is 5.80. The van der Waals surface area contributed by atoms with Gasteiger partial charge in [0.25, 0.3) is 0 Å². The molecule has 5 heteroatoms. The molecule has 0 saturated carbocycles. The molecule has 0 bridgehead atoms. The van der Waals surface area contributed by atoms with Gasteiger partial charge in [0, 0.05) is 9.92 Å². The fourth-order valence-electron chi connectivity index (χ4n) is 1.75. The highest BCUT2D eigenvalue weighted by atomic mass is 35.5. The number of nitriles is 1. The number of benzene rings is 2. The second-order valence-corrected chi connectivity index (χ2v) is 5.98. The molecule has 0 aromatic heterocycles. The summed E-state index contributed by atoms with van der Waals surface area (Å²) in [7, 11) is 0.345. The van der Waals surface area contributed by atoms with Crippen LogP contribution in [-0.4, -0.2) is 11.3 Å². The van der Waals surface area contributed by atoms with E-state index >= 15 is 0 Å². The molecule has 0 radical (unpaired) electrons. The Morgan fingerprint density at radius 1 is 1.25 bits per heavy atom. The lowest BCUT2D eigenvalue weighted by molar-refractivity contribution is 0.413. The van der Waals surface area contributed by atoms with Crippen molar-refractivity contribution in [3.8, 4) is 11.8 Å². The maximum atomic E-state index is 12.2. The molecule has 20 heavy (non-hydrogen) atoms. The van der Waals surface area contributed by atoms with E-state index in [0.29, 0.717) is 27.0 Å². The van der Waals surface area contributed by atoms with Gasteiger partial charge in [0.05, 0.1) is 29.2 Å². The van der Waals surface area contributed by atoms with E-state index in [9.17, 15) is 4.21 Å². The highest BCUT2D eigenvalue weighted by Gasteiger charge is 2.08. The lowest BCUT2D eigenvalue weighted by atomic mass is 10.1. The number of rotatable bonds is 4. The normalized spacial score (nSPS) is 11.7. The molecule has 0 heterocycles. The number of hydrogen-bond donors (Lipinski definition) is 0. The summed E-state index contributed by atoms with van der Waals surface area (Å²) in [5.41, 5.74) is 1.27. The van der Waals surface area contributed by atoms with Crippen molar-refractivity contribution < 1.29 is 8.95 Å². The average Bonchev–Trinajstić information content (AvgIpc) is 2.47. The SMILES string of the molecule is COc1ccc(CS(=O)c2ccc(Cl)cc2)cc1C#N. The van der Waals surface area contributed by atoms with E-state index in [4.69, 9.17) is 21.6 Å². The summed E-state index contributed by atoms with van der Waals surface area (Å²) < 4.78 is 17.3. The van der Waals surface area contributed by atoms with Crippen molar-refractivity contribution in [1.29, 1.82) is 5.26 Å². The van der Waals surface area contributed by atoms with Crippen LogP contribution < -0.4 is 4.74 Å². The Morgan fingerprint density at radius 3 is 2.55 bits per heavy atom. The third kappa shape index (κ3) is 3.38. The maximum absolute atomic E-state index is 12.2. The Balaban J connectivity index is 2.20. The topological polar surface area (TPSA) is 50.1 Å². The molecule has 0 N–H and O–H groups in total. The molecule has 0 aliphatic rings. The van der Waals surface area contributed by atoms with E-state index in [1.54, 1.807) is 36.4 Å². The fraction of sp³-hybridized carbons (Fsp3) is 0.133. The van der Waals surface area contributed by atoms with Crippen molar-refractivity contribution in [3.63, 3.8) is 0 Å². The first-order valence-electron chi connectivity index (χ1n) is 5.85. The zero-order chi connectivity index (χ0) is 14.5. The number of nitrogens with zero attached hydrogens (tertiary/aromatic N) is 1. The van der Waals surface area contributed by atoms with Crippen LogP contribution in [0, 0.1) is 11.3 Å². The van der Waals surface area contributed by atoms with Crippen molar-refractivity contribution in [3.05, 3.63) is 58.6 Å². The fourth-order valence-corrected chi connectivity index (χ4v) is 2.97. The van der Waals surface area contributed by atoms with Gasteiger partial charge in [-0.1, -0.05) is 17.7 Å². The standard InChI is InChI=1S/C15H12ClNO2S/c1-19-15-7-2-11(8-12(15)9-17)10-20(18)14-5-3-13(16)4-6-14/h2-8H,10H2,1H3. The largest absolute Gasteiger partial charge is 0.495 e. The van der Waals surface area contributed by atoms with Gasteiger partial charge < -0.3 is 4.74 Å². The predicted octanol–water partition coefficient (Wildman–Crippen LogP) is 3.53. The minimum atomic E-state index is -1.17. The summed E-state index contributed by atoms with van der Waals surface area (Å²) in [6.45, 7) is 0. The Labute approximate surface area is 125 Å². The van der Waals surface area contributed by atoms with Gasteiger partial charge in [-0.05, 0) is 42.0 Å². The molecule has 2 rings (SSSR count). The Morgan fingerprint density at radius 2 is 1.95 bits per heavy atom. The minimum Gasteiger partial charge on any atom is -0.495 e. The number of methoxy groups -OCH3 is 1. The molecule has 0 saturated heterocycles. The highest BCUT2D eigenvalue weighted by molar-refractivity contribution is 7.84. The van der Waals surface area contributed by atoms with E-state index in [1.807, 2.05) is 6.07 Å². The van der Waals surface area contributed by atoms with E-state index in [1.165, 1.54) is 7.11 Å². The molecule has 3 nitrogen and oxygen atoms in total. The highest BCUT2D eigenvalue weighted by Crippen LogP contribution is 2.21. The van der Waals surface area contributed by atoms with Crippen LogP contribution in [-0.2, 0) is 16.6 Å². The third-order valence-corrected chi connectivity index (χ3v) is 4.40. The second-order valence-electron chi connectivity index (χ2n) is 4.09. The third-order valence-electron chi connectivity index (χ3n) is 2.76. The number of halogens is 1. The maximum Gasteiger partial charge on any atom is 0.136 e. The molecule has 102 valence electrons. The van der Waals surface area contributed by atoms with Gasteiger partial charge >= 0.3 is 0 Å². The van der Waals surface area contributed by atoms with Crippen molar-refractivity contribution in [2.24, 2.45) is 0 Å². The van der Waals surface area contributed by atoms with E-state index in [2.05, 4.69) is 6.07 Å².